The molecule has 0 aliphatic carbocycles. The predicted octanol–water partition coefficient (Wildman–Crippen LogP) is 2.44. The van der Waals surface area contributed by atoms with Gasteiger partial charge in [0.05, 0.1) is 0 Å². The second kappa shape index (κ2) is 5.33. The first-order valence-corrected chi connectivity index (χ1v) is 6.37. The lowest BCUT2D eigenvalue weighted by Gasteiger charge is -2.39. The molecule has 1 atom stereocenters. The molecule has 0 radical (unpaired) electrons. The fourth-order valence-electron chi connectivity index (χ4n) is 2.45. The molecule has 2 rings (SSSR count). The molecular formula is C14H20F2N2. The third-order valence-electron chi connectivity index (χ3n) is 3.69. The summed E-state index contributed by atoms with van der Waals surface area (Å²) >= 11 is 0. The van der Waals surface area contributed by atoms with Crippen molar-refractivity contribution in [3.8, 4) is 0 Å². The first-order valence-electron chi connectivity index (χ1n) is 6.37. The van der Waals surface area contributed by atoms with Gasteiger partial charge in [-0.15, -0.1) is 0 Å². The fraction of sp³-hybridized carbons (Fsp3) is 0.571. The Morgan fingerprint density at radius 2 is 2.17 bits per heavy atom. The molecule has 0 saturated carbocycles. The van der Waals surface area contributed by atoms with Crippen LogP contribution in [0.5, 0.6) is 0 Å². The van der Waals surface area contributed by atoms with Crippen LogP contribution in [-0.2, 0) is 6.54 Å². The molecule has 1 aliphatic heterocycles. The van der Waals surface area contributed by atoms with E-state index in [1.807, 2.05) is 0 Å². The Kier molecular flexibility index (Phi) is 3.97. The van der Waals surface area contributed by atoms with Crippen molar-refractivity contribution in [1.29, 1.82) is 0 Å². The van der Waals surface area contributed by atoms with Crippen LogP contribution < -0.4 is 10.6 Å². The third-order valence-corrected chi connectivity index (χ3v) is 3.69. The van der Waals surface area contributed by atoms with Crippen molar-refractivity contribution in [2.75, 3.05) is 13.1 Å². The summed E-state index contributed by atoms with van der Waals surface area (Å²) < 4.78 is 26.3. The molecule has 1 unspecified atom stereocenters. The lowest BCUT2D eigenvalue weighted by atomic mass is 9.80. The number of nitrogens with one attached hydrogen (secondary N) is 2. The number of hydrogen-bond acceptors (Lipinski definition) is 2. The number of piperidine rings is 1. The zero-order valence-electron chi connectivity index (χ0n) is 10.9. The lowest BCUT2D eigenvalue weighted by Crippen LogP contribution is -2.52. The van der Waals surface area contributed by atoms with Gasteiger partial charge in [0.15, 0.2) is 0 Å². The monoisotopic (exact) mass is 254 g/mol. The Hall–Kier alpha value is -1.00. The highest BCUT2D eigenvalue weighted by atomic mass is 19.1. The van der Waals surface area contributed by atoms with E-state index in [0.29, 0.717) is 18.2 Å². The van der Waals surface area contributed by atoms with Crippen molar-refractivity contribution in [2.45, 2.75) is 32.9 Å². The summed E-state index contributed by atoms with van der Waals surface area (Å²) in [5.41, 5.74) is 0.667. The average Bonchev–Trinajstić information content (AvgIpc) is 2.29. The maximum atomic E-state index is 13.5. The van der Waals surface area contributed by atoms with Crippen LogP contribution >= 0.6 is 0 Å². The van der Waals surface area contributed by atoms with Gasteiger partial charge in [-0.1, -0.05) is 19.9 Å². The van der Waals surface area contributed by atoms with Crippen LogP contribution in [0.3, 0.4) is 0 Å². The lowest BCUT2D eigenvalue weighted by molar-refractivity contribution is 0.183. The SMILES string of the molecule is CC1(C)CNCCC1NCc1ccc(F)cc1F. The Labute approximate surface area is 107 Å². The summed E-state index contributed by atoms with van der Waals surface area (Å²) in [6, 6.07) is 4.09. The van der Waals surface area contributed by atoms with Crippen molar-refractivity contribution < 1.29 is 8.78 Å². The Balaban J connectivity index is 1.98. The van der Waals surface area contributed by atoms with Crippen molar-refractivity contribution in [3.63, 3.8) is 0 Å². The smallest absolute Gasteiger partial charge is 0.130 e. The zero-order chi connectivity index (χ0) is 13.2. The first kappa shape index (κ1) is 13.4. The molecular weight excluding hydrogens is 234 g/mol. The number of halogens is 2. The van der Waals surface area contributed by atoms with Crippen LogP contribution in [0.15, 0.2) is 18.2 Å². The minimum absolute atomic E-state index is 0.148. The summed E-state index contributed by atoms with van der Waals surface area (Å²) in [6.07, 6.45) is 1.02. The summed E-state index contributed by atoms with van der Waals surface area (Å²) in [4.78, 5) is 0. The molecule has 2 nitrogen and oxygen atoms in total. The molecule has 1 saturated heterocycles. The minimum Gasteiger partial charge on any atom is -0.316 e. The molecule has 0 amide bonds. The van der Waals surface area contributed by atoms with Crippen molar-refractivity contribution in [1.82, 2.24) is 10.6 Å². The van der Waals surface area contributed by atoms with Crippen LogP contribution in [-0.4, -0.2) is 19.1 Å². The largest absolute Gasteiger partial charge is 0.316 e. The Morgan fingerprint density at radius 3 is 2.83 bits per heavy atom. The highest BCUT2D eigenvalue weighted by Crippen LogP contribution is 2.25. The molecule has 2 N–H and O–H groups in total. The molecule has 4 heteroatoms. The molecule has 0 aromatic heterocycles. The number of benzene rings is 1. The van der Waals surface area contributed by atoms with Gasteiger partial charge in [0.1, 0.15) is 11.6 Å². The van der Waals surface area contributed by atoms with Gasteiger partial charge < -0.3 is 10.6 Å². The molecule has 1 aromatic carbocycles. The van der Waals surface area contributed by atoms with Crippen LogP contribution in [0.2, 0.25) is 0 Å². The van der Waals surface area contributed by atoms with E-state index < -0.39 is 11.6 Å². The number of rotatable bonds is 3. The second-order valence-corrected chi connectivity index (χ2v) is 5.62. The van der Waals surface area contributed by atoms with Crippen LogP contribution in [0.25, 0.3) is 0 Å². The van der Waals surface area contributed by atoms with Crippen molar-refractivity contribution in [3.05, 3.63) is 35.4 Å². The van der Waals surface area contributed by atoms with Gasteiger partial charge >= 0.3 is 0 Å². The molecule has 1 heterocycles. The van der Waals surface area contributed by atoms with Crippen LogP contribution in [0.1, 0.15) is 25.8 Å². The third kappa shape index (κ3) is 3.06. The predicted molar refractivity (Wildman–Crippen MR) is 68.3 cm³/mol. The van der Waals surface area contributed by atoms with E-state index in [4.69, 9.17) is 0 Å². The molecule has 1 fully saturated rings. The Morgan fingerprint density at radius 1 is 1.39 bits per heavy atom. The summed E-state index contributed by atoms with van der Waals surface area (Å²) in [6.45, 7) is 6.76. The molecule has 100 valence electrons. The van der Waals surface area contributed by atoms with E-state index in [-0.39, 0.29) is 5.41 Å². The summed E-state index contributed by atoms with van der Waals surface area (Å²) in [7, 11) is 0. The van der Waals surface area contributed by atoms with Crippen molar-refractivity contribution >= 4 is 0 Å². The van der Waals surface area contributed by atoms with Gasteiger partial charge in [-0.2, -0.15) is 0 Å². The Bertz CT molecular complexity index is 418. The van der Waals surface area contributed by atoms with Crippen LogP contribution in [0.4, 0.5) is 8.78 Å². The molecule has 1 aliphatic rings. The van der Waals surface area contributed by atoms with Crippen LogP contribution in [0, 0.1) is 17.0 Å². The normalized spacial score (nSPS) is 23.0. The second-order valence-electron chi connectivity index (χ2n) is 5.62. The van der Waals surface area contributed by atoms with Gasteiger partial charge in [0.2, 0.25) is 0 Å². The van der Waals surface area contributed by atoms with E-state index in [0.717, 1.165) is 25.6 Å². The van der Waals surface area contributed by atoms with E-state index in [9.17, 15) is 8.78 Å². The highest BCUT2D eigenvalue weighted by molar-refractivity contribution is 5.18. The first-order chi connectivity index (χ1) is 8.49. The van der Waals surface area contributed by atoms with Gasteiger partial charge in [-0.3, -0.25) is 0 Å². The van der Waals surface area contributed by atoms with Crippen molar-refractivity contribution in [2.24, 2.45) is 5.41 Å². The van der Waals surface area contributed by atoms with Gasteiger partial charge in [0.25, 0.3) is 0 Å². The maximum Gasteiger partial charge on any atom is 0.130 e. The maximum absolute atomic E-state index is 13.5. The highest BCUT2D eigenvalue weighted by Gasteiger charge is 2.31. The van der Waals surface area contributed by atoms with E-state index in [2.05, 4.69) is 24.5 Å². The van der Waals surface area contributed by atoms with Gasteiger partial charge in [-0.05, 0) is 24.4 Å². The quantitative estimate of drug-likeness (QED) is 0.865. The molecule has 0 bridgehead atoms. The van der Waals surface area contributed by atoms with E-state index in [1.54, 1.807) is 0 Å². The molecule has 18 heavy (non-hydrogen) atoms. The fourth-order valence-corrected chi connectivity index (χ4v) is 2.45. The minimum atomic E-state index is -0.529. The standard InChI is InChI=1S/C14H20F2N2/c1-14(2)9-17-6-5-13(14)18-8-10-3-4-11(15)7-12(10)16/h3-4,7,13,17-18H,5-6,8-9H2,1-2H3. The zero-order valence-corrected chi connectivity index (χ0v) is 10.9. The van der Waals surface area contributed by atoms with E-state index in [1.165, 1.54) is 12.1 Å². The van der Waals surface area contributed by atoms with Gasteiger partial charge in [0, 0.05) is 30.8 Å². The summed E-state index contributed by atoms with van der Waals surface area (Å²) in [5, 5.41) is 6.74. The molecule has 0 spiro atoms. The topological polar surface area (TPSA) is 24.1 Å². The molecule has 1 aromatic rings. The van der Waals surface area contributed by atoms with E-state index >= 15 is 0 Å². The average molecular weight is 254 g/mol. The number of hydrogen-bond donors (Lipinski definition) is 2. The van der Waals surface area contributed by atoms with Gasteiger partial charge in [-0.25, -0.2) is 8.78 Å². The summed E-state index contributed by atoms with van der Waals surface area (Å²) in [5.74, 6) is -1.01.